The van der Waals surface area contributed by atoms with Crippen molar-refractivity contribution in [2.45, 2.75) is 6.61 Å². The first-order chi connectivity index (χ1) is 13.3. The quantitative estimate of drug-likeness (QED) is 0.501. The number of nitrogens with one attached hydrogen (secondary N) is 1. The Balaban J connectivity index is 1.44. The van der Waals surface area contributed by atoms with Crippen molar-refractivity contribution < 1.29 is 9.47 Å². The number of ether oxygens (including phenoxy) is 2. The Bertz CT molecular complexity index is 1230. The van der Waals surface area contributed by atoms with Gasteiger partial charge in [-0.1, -0.05) is 11.3 Å². The van der Waals surface area contributed by atoms with Gasteiger partial charge in [0.25, 0.3) is 0 Å². The summed E-state index contributed by atoms with van der Waals surface area (Å²) in [7, 11) is 1.63. The van der Waals surface area contributed by atoms with Gasteiger partial charge >= 0.3 is 0 Å². The van der Waals surface area contributed by atoms with Crippen LogP contribution >= 0.6 is 11.3 Å². The summed E-state index contributed by atoms with van der Waals surface area (Å²) in [5, 5.41) is 14.5. The summed E-state index contributed by atoms with van der Waals surface area (Å²) < 4.78 is 12.9. The zero-order valence-electron chi connectivity index (χ0n) is 14.2. The van der Waals surface area contributed by atoms with Crippen molar-refractivity contribution in [3.05, 3.63) is 48.7 Å². The van der Waals surface area contributed by atoms with Crippen LogP contribution in [0.2, 0.25) is 0 Å². The maximum absolute atomic E-state index is 5.98. The standard InChI is InChI=1S/C17H13N7O2S/c1-25-10-2-3-11-12(8-10)18-5-4-13(11)26-9-14-21-22-17-24(14)23-16(27-17)15-19-6-7-20-15/h2-8H,9H2,1H3,(H,19,20). The van der Waals surface area contributed by atoms with Gasteiger partial charge < -0.3 is 14.5 Å². The van der Waals surface area contributed by atoms with E-state index >= 15 is 0 Å². The van der Waals surface area contributed by atoms with Gasteiger partial charge in [-0.25, -0.2) is 4.98 Å². The Morgan fingerprint density at radius 3 is 2.96 bits per heavy atom. The number of imidazole rings is 1. The van der Waals surface area contributed by atoms with E-state index in [1.54, 1.807) is 30.2 Å². The summed E-state index contributed by atoms with van der Waals surface area (Å²) in [5.74, 6) is 2.77. The Labute approximate surface area is 156 Å². The average molecular weight is 379 g/mol. The van der Waals surface area contributed by atoms with E-state index in [1.807, 2.05) is 24.3 Å². The molecule has 0 aliphatic rings. The van der Waals surface area contributed by atoms with E-state index in [9.17, 15) is 0 Å². The van der Waals surface area contributed by atoms with Crippen LogP contribution in [0.5, 0.6) is 11.5 Å². The minimum atomic E-state index is 0.230. The maximum atomic E-state index is 5.98. The minimum Gasteiger partial charge on any atom is -0.497 e. The molecule has 134 valence electrons. The summed E-state index contributed by atoms with van der Waals surface area (Å²) in [4.78, 5) is 12.3. The third kappa shape index (κ3) is 2.75. The second-order valence-corrected chi connectivity index (χ2v) is 6.59. The molecule has 9 nitrogen and oxygen atoms in total. The van der Waals surface area contributed by atoms with Gasteiger partial charge in [-0.15, -0.1) is 15.3 Å². The number of rotatable bonds is 5. The van der Waals surface area contributed by atoms with Crippen LogP contribution in [-0.4, -0.2) is 41.9 Å². The van der Waals surface area contributed by atoms with Crippen molar-refractivity contribution >= 4 is 27.2 Å². The third-order valence-electron chi connectivity index (χ3n) is 4.02. The molecule has 0 aliphatic heterocycles. The molecular formula is C17H13N7O2S. The molecule has 0 saturated heterocycles. The Morgan fingerprint density at radius 2 is 2.11 bits per heavy atom. The van der Waals surface area contributed by atoms with Crippen molar-refractivity contribution in [2.24, 2.45) is 0 Å². The number of fused-ring (bicyclic) bond motifs is 2. The van der Waals surface area contributed by atoms with Crippen LogP contribution < -0.4 is 9.47 Å². The number of pyridine rings is 1. The lowest BCUT2D eigenvalue weighted by molar-refractivity contribution is 0.296. The van der Waals surface area contributed by atoms with Gasteiger partial charge in [0.2, 0.25) is 4.96 Å². The van der Waals surface area contributed by atoms with Crippen LogP contribution in [0.25, 0.3) is 26.7 Å². The van der Waals surface area contributed by atoms with Gasteiger partial charge in [0.1, 0.15) is 18.1 Å². The van der Waals surface area contributed by atoms with Gasteiger partial charge in [0.05, 0.1) is 12.6 Å². The molecule has 0 saturated carbocycles. The van der Waals surface area contributed by atoms with E-state index in [-0.39, 0.29) is 6.61 Å². The van der Waals surface area contributed by atoms with E-state index in [4.69, 9.17) is 9.47 Å². The lowest BCUT2D eigenvalue weighted by Gasteiger charge is -2.08. The first-order valence-electron chi connectivity index (χ1n) is 8.08. The lowest BCUT2D eigenvalue weighted by Crippen LogP contribution is -2.03. The lowest BCUT2D eigenvalue weighted by atomic mass is 10.2. The first-order valence-corrected chi connectivity index (χ1v) is 8.90. The molecule has 4 heterocycles. The molecule has 0 spiro atoms. The molecule has 0 bridgehead atoms. The number of H-pyrrole nitrogens is 1. The molecule has 0 atom stereocenters. The average Bonchev–Trinajstić information content (AvgIpc) is 3.43. The normalized spacial score (nSPS) is 11.3. The van der Waals surface area contributed by atoms with Crippen molar-refractivity contribution in [3.63, 3.8) is 0 Å². The molecule has 0 unspecified atom stereocenters. The fourth-order valence-electron chi connectivity index (χ4n) is 2.72. The smallest absolute Gasteiger partial charge is 0.235 e. The Kier molecular flexibility index (Phi) is 3.68. The molecule has 4 aromatic heterocycles. The summed E-state index contributed by atoms with van der Waals surface area (Å²) in [5.41, 5.74) is 0.798. The molecule has 0 radical (unpaired) electrons. The predicted octanol–water partition coefficient (Wildman–Crippen LogP) is 2.71. The highest BCUT2D eigenvalue weighted by Gasteiger charge is 2.15. The second-order valence-electron chi connectivity index (χ2n) is 5.64. The summed E-state index contributed by atoms with van der Waals surface area (Å²) in [6, 6.07) is 7.49. The highest BCUT2D eigenvalue weighted by molar-refractivity contribution is 7.19. The fourth-order valence-corrected chi connectivity index (χ4v) is 3.54. The molecule has 0 amide bonds. The van der Waals surface area contributed by atoms with Crippen molar-refractivity contribution in [3.8, 4) is 22.3 Å². The summed E-state index contributed by atoms with van der Waals surface area (Å²) in [6.07, 6.45) is 5.14. The zero-order valence-corrected chi connectivity index (χ0v) is 15.0. The predicted molar refractivity (Wildman–Crippen MR) is 98.9 cm³/mol. The zero-order chi connectivity index (χ0) is 18.2. The molecule has 0 fully saturated rings. The number of hydrogen-bond donors (Lipinski definition) is 1. The van der Waals surface area contributed by atoms with Crippen LogP contribution in [0, 0.1) is 0 Å². The number of aromatic amines is 1. The van der Waals surface area contributed by atoms with Crippen LogP contribution in [-0.2, 0) is 6.61 Å². The molecular weight excluding hydrogens is 366 g/mol. The monoisotopic (exact) mass is 379 g/mol. The fraction of sp³-hybridized carbons (Fsp3) is 0.118. The molecule has 10 heteroatoms. The van der Waals surface area contributed by atoms with Gasteiger partial charge in [-0.3, -0.25) is 4.98 Å². The maximum Gasteiger partial charge on any atom is 0.235 e. The van der Waals surface area contributed by atoms with Gasteiger partial charge in [0, 0.05) is 30.0 Å². The van der Waals surface area contributed by atoms with Gasteiger partial charge in [-0.2, -0.15) is 4.52 Å². The number of benzene rings is 1. The molecule has 0 aliphatic carbocycles. The van der Waals surface area contributed by atoms with Crippen LogP contribution in [0.4, 0.5) is 0 Å². The summed E-state index contributed by atoms with van der Waals surface area (Å²) in [6.45, 7) is 0.230. The van der Waals surface area contributed by atoms with Crippen LogP contribution in [0.3, 0.4) is 0 Å². The van der Waals surface area contributed by atoms with E-state index in [0.717, 1.165) is 21.7 Å². The van der Waals surface area contributed by atoms with Crippen LogP contribution in [0.1, 0.15) is 5.82 Å². The van der Waals surface area contributed by atoms with Gasteiger partial charge in [0.15, 0.2) is 16.7 Å². The molecule has 5 rings (SSSR count). The Hall–Kier alpha value is -3.53. The summed E-state index contributed by atoms with van der Waals surface area (Å²) >= 11 is 1.41. The largest absolute Gasteiger partial charge is 0.497 e. The number of methoxy groups -OCH3 is 1. The van der Waals surface area contributed by atoms with Crippen molar-refractivity contribution in [1.29, 1.82) is 0 Å². The molecule has 5 aromatic rings. The van der Waals surface area contributed by atoms with Crippen molar-refractivity contribution in [1.82, 2.24) is 34.8 Å². The second kappa shape index (κ2) is 6.32. The third-order valence-corrected chi connectivity index (χ3v) is 4.93. The number of aromatic nitrogens is 7. The van der Waals surface area contributed by atoms with Crippen LogP contribution in [0.15, 0.2) is 42.9 Å². The van der Waals surface area contributed by atoms with Crippen molar-refractivity contribution in [2.75, 3.05) is 7.11 Å². The molecule has 27 heavy (non-hydrogen) atoms. The molecule has 1 N–H and O–H groups in total. The Morgan fingerprint density at radius 1 is 1.15 bits per heavy atom. The van der Waals surface area contributed by atoms with E-state index in [0.29, 0.717) is 22.4 Å². The van der Waals surface area contributed by atoms with E-state index < -0.39 is 0 Å². The highest BCUT2D eigenvalue weighted by atomic mass is 32.1. The number of hydrogen-bond acceptors (Lipinski definition) is 8. The van der Waals surface area contributed by atoms with E-state index in [1.165, 1.54) is 11.3 Å². The molecule has 1 aromatic carbocycles. The SMILES string of the molecule is COc1ccc2c(OCc3nnc4sc(-c5ncc[nH]5)nn34)ccnc2c1. The number of nitrogens with zero attached hydrogens (tertiary/aromatic N) is 6. The minimum absolute atomic E-state index is 0.230. The van der Waals surface area contributed by atoms with Gasteiger partial charge in [-0.05, 0) is 18.2 Å². The first kappa shape index (κ1) is 15.7. The topological polar surface area (TPSA) is 103 Å². The highest BCUT2D eigenvalue weighted by Crippen LogP contribution is 2.28. The van der Waals surface area contributed by atoms with E-state index in [2.05, 4.69) is 30.2 Å².